The quantitative estimate of drug-likeness (QED) is 0.848. The Hall–Kier alpha value is -2.44. The highest BCUT2D eigenvalue weighted by molar-refractivity contribution is 5.79. The van der Waals surface area contributed by atoms with Gasteiger partial charge in [0.15, 0.2) is 5.82 Å². The molecule has 128 valence electrons. The van der Waals surface area contributed by atoms with E-state index >= 15 is 0 Å². The summed E-state index contributed by atoms with van der Waals surface area (Å²) in [5.74, 6) is 1.91. The molecule has 7 heteroatoms. The Morgan fingerprint density at radius 3 is 2.92 bits per heavy atom. The molecule has 3 heterocycles. The lowest BCUT2D eigenvalue weighted by atomic mass is 9.96. The van der Waals surface area contributed by atoms with E-state index in [9.17, 15) is 4.79 Å². The minimum atomic E-state index is 0.0000746. The number of aryl methyl sites for hydroxylation is 2. The van der Waals surface area contributed by atoms with E-state index in [1.165, 1.54) is 0 Å². The maximum absolute atomic E-state index is 12.8. The van der Waals surface area contributed by atoms with Crippen molar-refractivity contribution in [1.29, 1.82) is 0 Å². The molecule has 0 radical (unpaired) electrons. The fraction of sp³-hybridized carbons (Fsp3) is 0.529. The molecule has 0 spiro atoms. The molecule has 3 rings (SSSR count). The van der Waals surface area contributed by atoms with Crippen molar-refractivity contribution in [2.45, 2.75) is 26.3 Å². The van der Waals surface area contributed by atoms with Gasteiger partial charge in [0.05, 0.1) is 12.5 Å². The summed E-state index contributed by atoms with van der Waals surface area (Å²) in [4.78, 5) is 21.2. The van der Waals surface area contributed by atoms with Crippen LogP contribution < -0.4 is 4.90 Å². The Balaban J connectivity index is 1.64. The molecular weight excluding hydrogens is 304 g/mol. The zero-order chi connectivity index (χ0) is 17.1. The number of carbonyl (C=O) groups excluding carboxylic acids is 1. The van der Waals surface area contributed by atoms with Crippen molar-refractivity contribution in [3.63, 3.8) is 0 Å². The zero-order valence-electron chi connectivity index (χ0n) is 14.5. The average molecular weight is 328 g/mol. The summed E-state index contributed by atoms with van der Waals surface area (Å²) in [5, 5.41) is 7.92. The molecule has 7 nitrogen and oxygen atoms in total. The number of hydrogen-bond acceptors (Lipinski definition) is 5. The number of hydrogen-bond donors (Lipinski definition) is 0. The van der Waals surface area contributed by atoms with Crippen LogP contribution in [0.15, 0.2) is 24.7 Å². The molecule has 0 N–H and O–H groups in total. The minimum absolute atomic E-state index is 0.0000746. The summed E-state index contributed by atoms with van der Waals surface area (Å²) in [6.45, 7) is 4.18. The van der Waals surface area contributed by atoms with Crippen LogP contribution in [0.4, 0.5) is 5.82 Å². The van der Waals surface area contributed by atoms with Gasteiger partial charge in [0, 0.05) is 33.4 Å². The first-order chi connectivity index (χ1) is 11.5. The summed E-state index contributed by atoms with van der Waals surface area (Å²) in [7, 11) is 3.72. The molecule has 2 aromatic heterocycles. The van der Waals surface area contributed by atoms with Crippen LogP contribution in [0.2, 0.25) is 0 Å². The molecule has 1 saturated heterocycles. The second-order valence-electron chi connectivity index (χ2n) is 6.53. The van der Waals surface area contributed by atoms with Crippen molar-refractivity contribution in [1.82, 2.24) is 24.6 Å². The Morgan fingerprint density at radius 1 is 1.42 bits per heavy atom. The molecule has 0 aromatic carbocycles. The van der Waals surface area contributed by atoms with Crippen LogP contribution in [0.1, 0.15) is 24.2 Å². The van der Waals surface area contributed by atoms with E-state index in [-0.39, 0.29) is 11.8 Å². The predicted molar refractivity (Wildman–Crippen MR) is 91.4 cm³/mol. The lowest BCUT2D eigenvalue weighted by molar-refractivity contribution is -0.135. The van der Waals surface area contributed by atoms with E-state index in [4.69, 9.17) is 0 Å². The maximum Gasteiger partial charge on any atom is 0.227 e. The van der Waals surface area contributed by atoms with E-state index < -0.39 is 0 Å². The van der Waals surface area contributed by atoms with Gasteiger partial charge in [-0.1, -0.05) is 6.07 Å². The van der Waals surface area contributed by atoms with Crippen molar-refractivity contribution in [2.24, 2.45) is 13.0 Å². The highest BCUT2D eigenvalue weighted by Crippen LogP contribution is 2.23. The number of pyridine rings is 1. The Morgan fingerprint density at radius 2 is 2.25 bits per heavy atom. The molecule has 1 amide bonds. The second-order valence-corrected chi connectivity index (χ2v) is 6.53. The van der Waals surface area contributed by atoms with E-state index in [0.29, 0.717) is 6.54 Å². The number of aromatic nitrogens is 4. The summed E-state index contributed by atoms with van der Waals surface area (Å²) in [6.07, 6.45) is 5.45. The van der Waals surface area contributed by atoms with Gasteiger partial charge in [-0.3, -0.25) is 4.79 Å². The Bertz CT molecular complexity index is 695. The first-order valence-electron chi connectivity index (χ1n) is 8.30. The van der Waals surface area contributed by atoms with E-state index in [2.05, 4.69) is 26.1 Å². The van der Waals surface area contributed by atoms with Gasteiger partial charge in [-0.25, -0.2) is 4.98 Å². The van der Waals surface area contributed by atoms with Crippen molar-refractivity contribution >= 4 is 11.7 Å². The molecule has 1 aliphatic rings. The van der Waals surface area contributed by atoms with Crippen LogP contribution in [0.3, 0.4) is 0 Å². The summed E-state index contributed by atoms with van der Waals surface area (Å²) >= 11 is 0. The summed E-state index contributed by atoms with van der Waals surface area (Å²) in [5.41, 5.74) is 1.15. The number of rotatable bonds is 4. The Kier molecular flexibility index (Phi) is 4.78. The van der Waals surface area contributed by atoms with E-state index in [1.807, 2.05) is 37.8 Å². The fourth-order valence-corrected chi connectivity index (χ4v) is 3.09. The van der Waals surface area contributed by atoms with Gasteiger partial charge < -0.3 is 14.4 Å². The molecule has 1 fully saturated rings. The standard InChI is InChI=1S/C17H24N6O/c1-13-6-7-15(18-9-13)23-8-4-5-14(10-23)17(24)21(2)11-16-20-19-12-22(16)3/h6-7,9,12,14H,4-5,8,10-11H2,1-3H3. The van der Waals surface area contributed by atoms with Gasteiger partial charge in [0.2, 0.25) is 5.91 Å². The first kappa shape index (κ1) is 16.4. The first-order valence-corrected chi connectivity index (χ1v) is 8.30. The normalized spacial score (nSPS) is 17.8. The molecule has 24 heavy (non-hydrogen) atoms. The summed E-state index contributed by atoms with van der Waals surface area (Å²) in [6, 6.07) is 4.10. The molecule has 1 atom stereocenters. The molecule has 0 bridgehead atoms. The van der Waals surface area contributed by atoms with Crippen molar-refractivity contribution in [2.75, 3.05) is 25.0 Å². The summed E-state index contributed by atoms with van der Waals surface area (Å²) < 4.78 is 1.84. The van der Waals surface area contributed by atoms with Crippen molar-refractivity contribution in [3.05, 3.63) is 36.0 Å². The number of nitrogens with zero attached hydrogens (tertiary/aromatic N) is 6. The highest BCUT2D eigenvalue weighted by atomic mass is 16.2. The van der Waals surface area contributed by atoms with Crippen LogP contribution in [-0.2, 0) is 18.4 Å². The third-order valence-corrected chi connectivity index (χ3v) is 4.55. The van der Waals surface area contributed by atoms with Gasteiger partial charge in [0.1, 0.15) is 12.1 Å². The number of piperidine rings is 1. The zero-order valence-corrected chi connectivity index (χ0v) is 14.5. The lowest BCUT2D eigenvalue weighted by Crippen LogP contribution is -2.44. The molecule has 0 saturated carbocycles. The van der Waals surface area contributed by atoms with E-state index in [0.717, 1.165) is 43.1 Å². The predicted octanol–water partition coefficient (Wildman–Crippen LogP) is 1.39. The topological polar surface area (TPSA) is 67.2 Å². The number of anilines is 1. The van der Waals surface area contributed by atoms with Crippen LogP contribution in [-0.4, -0.2) is 50.7 Å². The number of amides is 1. The van der Waals surface area contributed by atoms with Crippen LogP contribution in [0.5, 0.6) is 0 Å². The average Bonchev–Trinajstić information content (AvgIpc) is 3.00. The number of carbonyl (C=O) groups is 1. The van der Waals surface area contributed by atoms with Crippen LogP contribution in [0, 0.1) is 12.8 Å². The van der Waals surface area contributed by atoms with Gasteiger partial charge in [-0.2, -0.15) is 0 Å². The largest absolute Gasteiger partial charge is 0.356 e. The van der Waals surface area contributed by atoms with Gasteiger partial charge in [-0.15, -0.1) is 10.2 Å². The smallest absolute Gasteiger partial charge is 0.227 e. The van der Waals surface area contributed by atoms with Crippen LogP contribution in [0.25, 0.3) is 0 Å². The third-order valence-electron chi connectivity index (χ3n) is 4.55. The van der Waals surface area contributed by atoms with Gasteiger partial charge in [0.25, 0.3) is 0 Å². The second kappa shape index (κ2) is 6.98. The maximum atomic E-state index is 12.8. The van der Waals surface area contributed by atoms with Crippen LogP contribution >= 0.6 is 0 Å². The van der Waals surface area contributed by atoms with E-state index in [1.54, 1.807) is 11.2 Å². The molecular formula is C17H24N6O. The molecule has 1 aliphatic heterocycles. The van der Waals surface area contributed by atoms with Crippen molar-refractivity contribution < 1.29 is 4.79 Å². The Labute approximate surface area is 142 Å². The lowest BCUT2D eigenvalue weighted by Gasteiger charge is -2.34. The molecule has 0 aliphatic carbocycles. The fourth-order valence-electron chi connectivity index (χ4n) is 3.09. The minimum Gasteiger partial charge on any atom is -0.356 e. The SMILES string of the molecule is Cc1ccc(N2CCCC(C(=O)N(C)Cc3nncn3C)C2)nc1. The monoisotopic (exact) mass is 328 g/mol. The highest BCUT2D eigenvalue weighted by Gasteiger charge is 2.29. The van der Waals surface area contributed by atoms with Crippen molar-refractivity contribution in [3.8, 4) is 0 Å². The molecule has 2 aromatic rings. The van der Waals surface area contributed by atoms with Gasteiger partial charge >= 0.3 is 0 Å². The third kappa shape index (κ3) is 3.55. The molecule has 1 unspecified atom stereocenters. The van der Waals surface area contributed by atoms with Gasteiger partial charge in [-0.05, 0) is 31.4 Å².